The van der Waals surface area contributed by atoms with E-state index in [-0.39, 0.29) is 10.6 Å². The van der Waals surface area contributed by atoms with E-state index < -0.39 is 15.7 Å². The number of anilines is 1. The van der Waals surface area contributed by atoms with E-state index in [1.54, 1.807) is 19.1 Å². The topological polar surface area (TPSA) is 73.1 Å². The van der Waals surface area contributed by atoms with Crippen LogP contribution in [0, 0.1) is 12.7 Å². The molecule has 1 heterocycles. The Hall–Kier alpha value is -1.95. The number of halogens is 1. The van der Waals surface area contributed by atoms with E-state index in [4.69, 9.17) is 5.73 Å². The largest absolute Gasteiger partial charge is 0.398 e. The van der Waals surface area contributed by atoms with Crippen molar-refractivity contribution in [1.29, 1.82) is 0 Å². The Morgan fingerprint density at radius 1 is 1.32 bits per heavy atom. The highest BCUT2D eigenvalue weighted by molar-refractivity contribution is 7.90. The van der Waals surface area contributed by atoms with Gasteiger partial charge in [-0.05, 0) is 36.2 Å². The van der Waals surface area contributed by atoms with E-state index in [1.807, 2.05) is 0 Å². The van der Waals surface area contributed by atoms with Gasteiger partial charge >= 0.3 is 0 Å². The minimum Gasteiger partial charge on any atom is -0.398 e. The molecule has 0 fully saturated rings. The molecule has 0 saturated carbocycles. The predicted molar refractivity (Wildman–Crippen MR) is 70.7 cm³/mol. The first-order valence-corrected chi connectivity index (χ1v) is 7.22. The molecule has 2 rings (SSSR count). The molecule has 0 aliphatic rings. The van der Waals surface area contributed by atoms with Crippen LogP contribution >= 0.6 is 0 Å². The lowest BCUT2D eigenvalue weighted by Crippen LogP contribution is -2.08. The van der Waals surface area contributed by atoms with E-state index >= 15 is 0 Å². The number of benzene rings is 1. The number of aromatic nitrogens is 1. The summed E-state index contributed by atoms with van der Waals surface area (Å²) in [6.07, 6.45) is 2.37. The van der Waals surface area contributed by atoms with E-state index in [9.17, 15) is 12.8 Å². The summed E-state index contributed by atoms with van der Waals surface area (Å²) in [4.78, 5) is 3.80. The molecule has 100 valence electrons. The summed E-state index contributed by atoms with van der Waals surface area (Å²) in [7, 11) is -3.57. The quantitative estimate of drug-likeness (QED) is 0.874. The summed E-state index contributed by atoms with van der Waals surface area (Å²) in [6.45, 7) is 1.64. The molecule has 4 nitrogen and oxygen atoms in total. The molecule has 19 heavy (non-hydrogen) atoms. The van der Waals surface area contributed by atoms with Gasteiger partial charge in [-0.25, -0.2) is 12.8 Å². The lowest BCUT2D eigenvalue weighted by atomic mass is 10.2. The number of nitrogens with two attached hydrogens (primary N) is 1. The molecule has 0 aliphatic carbocycles. The Bertz CT molecular complexity index is 714. The van der Waals surface area contributed by atoms with Gasteiger partial charge in [-0.15, -0.1) is 0 Å². The maximum absolute atomic E-state index is 13.0. The van der Waals surface area contributed by atoms with E-state index in [0.717, 1.165) is 12.3 Å². The van der Waals surface area contributed by atoms with Crippen LogP contribution in [0.5, 0.6) is 0 Å². The third-order valence-corrected chi connectivity index (χ3v) is 4.61. The SMILES string of the molecule is Cc1c(N)cccc1S(=O)(=O)Cc1cncc(F)c1. The minimum absolute atomic E-state index is 0.164. The first-order chi connectivity index (χ1) is 8.90. The molecule has 0 atom stereocenters. The first-order valence-electron chi connectivity index (χ1n) is 5.57. The molecule has 2 aromatic rings. The summed E-state index contributed by atoms with van der Waals surface area (Å²) in [6, 6.07) is 5.87. The monoisotopic (exact) mass is 280 g/mol. The molecule has 0 unspecified atom stereocenters. The predicted octanol–water partition coefficient (Wildman–Crippen LogP) is 2.09. The maximum Gasteiger partial charge on any atom is 0.182 e. The molecule has 1 aromatic heterocycles. The third-order valence-electron chi connectivity index (χ3n) is 2.78. The second kappa shape index (κ2) is 4.97. The molecule has 2 N–H and O–H groups in total. The average Bonchev–Trinajstić information content (AvgIpc) is 2.32. The van der Waals surface area contributed by atoms with Crippen molar-refractivity contribution >= 4 is 15.5 Å². The molecule has 0 saturated heterocycles. The number of pyridine rings is 1. The van der Waals surface area contributed by atoms with Crippen LogP contribution in [-0.2, 0) is 15.6 Å². The summed E-state index contributed by atoms with van der Waals surface area (Å²) >= 11 is 0. The normalized spacial score (nSPS) is 11.5. The number of sulfone groups is 1. The van der Waals surface area contributed by atoms with Gasteiger partial charge in [0.2, 0.25) is 0 Å². The van der Waals surface area contributed by atoms with Crippen LogP contribution in [-0.4, -0.2) is 13.4 Å². The number of nitrogen functional groups attached to an aromatic ring is 1. The highest BCUT2D eigenvalue weighted by Crippen LogP contribution is 2.23. The Balaban J connectivity index is 2.41. The fourth-order valence-electron chi connectivity index (χ4n) is 1.80. The molecule has 0 spiro atoms. The first kappa shape index (κ1) is 13.5. The van der Waals surface area contributed by atoms with Crippen LogP contribution < -0.4 is 5.73 Å². The Kier molecular flexibility index (Phi) is 3.53. The molecule has 0 amide bonds. The lowest BCUT2D eigenvalue weighted by Gasteiger charge is -2.09. The molecular weight excluding hydrogens is 267 g/mol. The van der Waals surface area contributed by atoms with Crippen molar-refractivity contribution in [2.75, 3.05) is 5.73 Å². The molecule has 6 heteroatoms. The number of nitrogens with zero attached hydrogens (tertiary/aromatic N) is 1. The van der Waals surface area contributed by atoms with Crippen LogP contribution in [0.4, 0.5) is 10.1 Å². The van der Waals surface area contributed by atoms with Crippen molar-refractivity contribution in [2.24, 2.45) is 0 Å². The highest BCUT2D eigenvalue weighted by Gasteiger charge is 2.19. The maximum atomic E-state index is 13.0. The fourth-order valence-corrected chi connectivity index (χ4v) is 3.42. The third kappa shape index (κ3) is 2.90. The smallest absolute Gasteiger partial charge is 0.182 e. The Morgan fingerprint density at radius 3 is 2.74 bits per heavy atom. The van der Waals surface area contributed by atoms with Gasteiger partial charge in [0.25, 0.3) is 0 Å². The zero-order valence-electron chi connectivity index (χ0n) is 10.3. The van der Waals surface area contributed by atoms with Crippen LogP contribution in [0.1, 0.15) is 11.1 Å². The van der Waals surface area contributed by atoms with Gasteiger partial charge in [-0.3, -0.25) is 4.98 Å². The van der Waals surface area contributed by atoms with Crippen LogP contribution in [0.15, 0.2) is 41.6 Å². The number of rotatable bonds is 3. The second-order valence-corrected chi connectivity index (χ2v) is 6.20. The van der Waals surface area contributed by atoms with Crippen molar-refractivity contribution in [2.45, 2.75) is 17.6 Å². The van der Waals surface area contributed by atoms with Gasteiger partial charge in [0, 0.05) is 11.9 Å². The van der Waals surface area contributed by atoms with Gasteiger partial charge in [0.15, 0.2) is 9.84 Å². The molecule has 0 aliphatic heterocycles. The average molecular weight is 280 g/mol. The van der Waals surface area contributed by atoms with Crippen molar-refractivity contribution in [3.63, 3.8) is 0 Å². The minimum atomic E-state index is -3.57. The summed E-state index contributed by atoms with van der Waals surface area (Å²) in [5.41, 5.74) is 6.93. The highest BCUT2D eigenvalue weighted by atomic mass is 32.2. The van der Waals surface area contributed by atoms with Crippen molar-refractivity contribution in [3.05, 3.63) is 53.6 Å². The van der Waals surface area contributed by atoms with E-state index in [2.05, 4.69) is 4.98 Å². The number of hydrogen-bond donors (Lipinski definition) is 1. The second-order valence-electron chi connectivity index (χ2n) is 4.24. The Morgan fingerprint density at radius 2 is 2.05 bits per heavy atom. The van der Waals surface area contributed by atoms with Crippen LogP contribution in [0.25, 0.3) is 0 Å². The van der Waals surface area contributed by atoms with Gasteiger partial charge in [-0.1, -0.05) is 6.07 Å². The van der Waals surface area contributed by atoms with Gasteiger partial charge < -0.3 is 5.73 Å². The van der Waals surface area contributed by atoms with Gasteiger partial charge in [0.05, 0.1) is 16.8 Å². The van der Waals surface area contributed by atoms with Crippen LogP contribution in [0.2, 0.25) is 0 Å². The zero-order chi connectivity index (χ0) is 14.0. The molecule has 1 aromatic carbocycles. The summed E-state index contributed by atoms with van der Waals surface area (Å²) in [5.74, 6) is -0.862. The molecule has 0 radical (unpaired) electrons. The van der Waals surface area contributed by atoms with Crippen LogP contribution in [0.3, 0.4) is 0 Å². The summed E-state index contributed by atoms with van der Waals surface area (Å²) < 4.78 is 37.6. The zero-order valence-corrected chi connectivity index (χ0v) is 11.1. The van der Waals surface area contributed by atoms with Gasteiger partial charge in [0.1, 0.15) is 5.82 Å². The number of hydrogen-bond acceptors (Lipinski definition) is 4. The lowest BCUT2D eigenvalue weighted by molar-refractivity contribution is 0.593. The van der Waals surface area contributed by atoms with Crippen molar-refractivity contribution in [1.82, 2.24) is 4.98 Å². The van der Waals surface area contributed by atoms with Gasteiger partial charge in [-0.2, -0.15) is 0 Å². The summed E-state index contributed by atoms with van der Waals surface area (Å²) in [5, 5.41) is 0. The fraction of sp³-hybridized carbons (Fsp3) is 0.154. The molecule has 0 bridgehead atoms. The van der Waals surface area contributed by atoms with E-state index in [0.29, 0.717) is 16.8 Å². The van der Waals surface area contributed by atoms with E-state index in [1.165, 1.54) is 12.3 Å². The Labute approximate surface area is 111 Å². The van der Waals surface area contributed by atoms with Crippen molar-refractivity contribution in [3.8, 4) is 0 Å². The van der Waals surface area contributed by atoms with Crippen molar-refractivity contribution < 1.29 is 12.8 Å². The standard InChI is InChI=1S/C13H13FN2O2S/c1-9-12(15)3-2-4-13(9)19(17,18)8-10-5-11(14)7-16-6-10/h2-7H,8,15H2,1H3. The molecular formula is C13H13FN2O2S.